The summed E-state index contributed by atoms with van der Waals surface area (Å²) in [6.45, 7) is 3.41. The Balaban J connectivity index is 2.69. The Bertz CT molecular complexity index is 466. The van der Waals surface area contributed by atoms with Crippen LogP contribution in [-0.2, 0) is 5.60 Å². The van der Waals surface area contributed by atoms with E-state index in [2.05, 4.69) is 4.98 Å². The van der Waals surface area contributed by atoms with Crippen molar-refractivity contribution in [3.05, 3.63) is 30.0 Å². The molecule has 3 nitrogen and oxygen atoms in total. The van der Waals surface area contributed by atoms with Crippen LogP contribution in [0.5, 0.6) is 5.75 Å². The van der Waals surface area contributed by atoms with Gasteiger partial charge in [-0.1, -0.05) is 12.1 Å². The molecular weight excluding hydrogens is 178 g/mol. The van der Waals surface area contributed by atoms with E-state index in [1.165, 1.54) is 0 Å². The third kappa shape index (κ3) is 1.36. The van der Waals surface area contributed by atoms with Crippen LogP contribution in [0.4, 0.5) is 0 Å². The predicted molar refractivity (Wildman–Crippen MR) is 55.2 cm³/mol. The van der Waals surface area contributed by atoms with E-state index in [1.807, 2.05) is 12.1 Å². The molecule has 2 aromatic rings. The Morgan fingerprint density at radius 2 is 2.00 bits per heavy atom. The van der Waals surface area contributed by atoms with Crippen molar-refractivity contribution in [2.45, 2.75) is 19.4 Å². The van der Waals surface area contributed by atoms with E-state index in [-0.39, 0.29) is 5.75 Å². The number of phenols is 1. The molecule has 0 spiro atoms. The second kappa shape index (κ2) is 2.75. The normalized spacial score (nSPS) is 12.2. The number of hydrogen-bond donors (Lipinski definition) is 3. The number of nitrogens with one attached hydrogen (secondary N) is 1. The minimum absolute atomic E-state index is 0.206. The van der Waals surface area contributed by atoms with Crippen molar-refractivity contribution >= 4 is 10.9 Å². The fraction of sp³-hybridized carbons (Fsp3) is 0.273. The average Bonchev–Trinajstić information content (AvgIpc) is 2.48. The van der Waals surface area contributed by atoms with Crippen LogP contribution in [0.2, 0.25) is 0 Å². The van der Waals surface area contributed by atoms with Gasteiger partial charge in [0.2, 0.25) is 0 Å². The van der Waals surface area contributed by atoms with Gasteiger partial charge in [0.1, 0.15) is 5.75 Å². The van der Waals surface area contributed by atoms with Crippen molar-refractivity contribution in [2.24, 2.45) is 0 Å². The van der Waals surface area contributed by atoms with Gasteiger partial charge in [0.05, 0.1) is 11.1 Å². The summed E-state index contributed by atoms with van der Waals surface area (Å²) in [7, 11) is 0. The average molecular weight is 191 g/mol. The van der Waals surface area contributed by atoms with Crippen molar-refractivity contribution in [2.75, 3.05) is 0 Å². The van der Waals surface area contributed by atoms with Crippen LogP contribution < -0.4 is 0 Å². The van der Waals surface area contributed by atoms with Crippen LogP contribution >= 0.6 is 0 Å². The van der Waals surface area contributed by atoms with Crippen LogP contribution in [-0.4, -0.2) is 15.2 Å². The monoisotopic (exact) mass is 191 g/mol. The molecule has 0 fully saturated rings. The van der Waals surface area contributed by atoms with Gasteiger partial charge >= 0.3 is 0 Å². The fourth-order valence-electron chi connectivity index (χ4n) is 1.47. The van der Waals surface area contributed by atoms with Crippen molar-refractivity contribution < 1.29 is 10.2 Å². The summed E-state index contributed by atoms with van der Waals surface area (Å²) < 4.78 is 0. The summed E-state index contributed by atoms with van der Waals surface area (Å²) in [5.74, 6) is 0.206. The first-order chi connectivity index (χ1) is 6.48. The Morgan fingerprint density at radius 3 is 2.57 bits per heavy atom. The van der Waals surface area contributed by atoms with Gasteiger partial charge < -0.3 is 15.2 Å². The summed E-state index contributed by atoms with van der Waals surface area (Å²) in [6, 6.07) is 7.13. The van der Waals surface area contributed by atoms with Crippen molar-refractivity contribution in [1.82, 2.24) is 4.98 Å². The lowest BCUT2D eigenvalue weighted by atomic mass is 10.1. The molecule has 0 aliphatic heterocycles. The minimum Gasteiger partial charge on any atom is -0.506 e. The van der Waals surface area contributed by atoms with Gasteiger partial charge in [-0.3, -0.25) is 0 Å². The number of rotatable bonds is 1. The summed E-state index contributed by atoms with van der Waals surface area (Å²) in [5.41, 5.74) is 0.462. The van der Waals surface area contributed by atoms with E-state index < -0.39 is 5.60 Å². The zero-order valence-corrected chi connectivity index (χ0v) is 8.20. The molecule has 74 valence electrons. The standard InChI is InChI=1S/C11H13NO2/c1-11(2,14)9-6-7-4-3-5-8(13)10(7)12-9/h3-6,12-14H,1-2H3. The highest BCUT2D eigenvalue weighted by Crippen LogP contribution is 2.28. The predicted octanol–water partition coefficient (Wildman–Crippen LogP) is 2.10. The van der Waals surface area contributed by atoms with Crippen LogP contribution in [0.1, 0.15) is 19.5 Å². The van der Waals surface area contributed by atoms with Crippen molar-refractivity contribution in [3.8, 4) is 5.75 Å². The van der Waals surface area contributed by atoms with Gasteiger partial charge in [0.25, 0.3) is 0 Å². The molecule has 2 rings (SSSR count). The minimum atomic E-state index is -0.911. The van der Waals surface area contributed by atoms with Crippen LogP contribution in [0, 0.1) is 0 Å². The molecule has 0 aliphatic rings. The Labute approximate surface area is 82.0 Å². The van der Waals surface area contributed by atoms with Crippen molar-refractivity contribution in [3.63, 3.8) is 0 Å². The summed E-state index contributed by atoms with van der Waals surface area (Å²) >= 11 is 0. The SMILES string of the molecule is CC(C)(O)c1cc2cccc(O)c2[nH]1. The highest BCUT2D eigenvalue weighted by Gasteiger charge is 2.18. The zero-order chi connectivity index (χ0) is 10.3. The molecule has 1 aromatic carbocycles. The van der Waals surface area contributed by atoms with Gasteiger partial charge in [-0.05, 0) is 26.0 Å². The number of aromatic amines is 1. The van der Waals surface area contributed by atoms with Gasteiger partial charge in [-0.25, -0.2) is 0 Å². The molecule has 14 heavy (non-hydrogen) atoms. The Kier molecular flexibility index (Phi) is 1.79. The van der Waals surface area contributed by atoms with Gasteiger partial charge in [-0.15, -0.1) is 0 Å². The van der Waals surface area contributed by atoms with Crippen molar-refractivity contribution in [1.29, 1.82) is 0 Å². The van der Waals surface area contributed by atoms with E-state index in [9.17, 15) is 10.2 Å². The second-order valence-electron chi connectivity index (χ2n) is 3.98. The number of hydrogen-bond acceptors (Lipinski definition) is 2. The summed E-state index contributed by atoms with van der Waals surface area (Å²) in [4.78, 5) is 3.00. The smallest absolute Gasteiger partial charge is 0.139 e. The lowest BCUT2D eigenvalue weighted by Crippen LogP contribution is -2.15. The number of fused-ring (bicyclic) bond motifs is 1. The van der Waals surface area contributed by atoms with Gasteiger partial charge in [-0.2, -0.15) is 0 Å². The highest BCUT2D eigenvalue weighted by molar-refractivity contribution is 5.85. The second-order valence-corrected chi connectivity index (χ2v) is 3.98. The highest BCUT2D eigenvalue weighted by atomic mass is 16.3. The fourth-order valence-corrected chi connectivity index (χ4v) is 1.47. The Morgan fingerprint density at radius 1 is 1.29 bits per heavy atom. The molecule has 0 radical (unpaired) electrons. The van der Waals surface area contributed by atoms with Crippen LogP contribution in [0.25, 0.3) is 10.9 Å². The number of H-pyrrole nitrogens is 1. The largest absolute Gasteiger partial charge is 0.506 e. The van der Waals surface area contributed by atoms with Gasteiger partial charge in [0, 0.05) is 11.1 Å². The maximum atomic E-state index is 9.77. The first-order valence-corrected chi connectivity index (χ1v) is 4.52. The van der Waals surface area contributed by atoms with E-state index >= 15 is 0 Å². The Hall–Kier alpha value is -1.48. The molecule has 3 N–H and O–H groups in total. The first-order valence-electron chi connectivity index (χ1n) is 4.52. The molecule has 1 heterocycles. The molecule has 0 amide bonds. The maximum Gasteiger partial charge on any atom is 0.139 e. The lowest BCUT2D eigenvalue weighted by molar-refractivity contribution is 0.0746. The molecule has 0 saturated carbocycles. The van der Waals surface area contributed by atoms with Gasteiger partial charge in [0.15, 0.2) is 0 Å². The molecule has 0 atom stereocenters. The number of phenolic OH excluding ortho intramolecular Hbond substituents is 1. The molecular formula is C11H13NO2. The number of aromatic nitrogens is 1. The van der Waals surface area contributed by atoms with Crippen LogP contribution in [0.3, 0.4) is 0 Å². The third-order valence-corrected chi connectivity index (χ3v) is 2.29. The van der Waals surface area contributed by atoms with E-state index in [1.54, 1.807) is 26.0 Å². The molecule has 3 heteroatoms. The molecule has 0 aliphatic carbocycles. The third-order valence-electron chi connectivity index (χ3n) is 2.29. The number of para-hydroxylation sites is 1. The summed E-state index contributed by atoms with van der Waals surface area (Å²) in [5, 5.41) is 20.2. The molecule has 0 bridgehead atoms. The van der Waals surface area contributed by atoms with E-state index in [0.717, 1.165) is 5.39 Å². The maximum absolute atomic E-state index is 9.77. The summed E-state index contributed by atoms with van der Waals surface area (Å²) in [6.07, 6.45) is 0. The number of aromatic hydroxyl groups is 1. The first kappa shape index (κ1) is 9.09. The zero-order valence-electron chi connectivity index (χ0n) is 8.20. The lowest BCUT2D eigenvalue weighted by Gasteiger charge is -2.14. The molecule has 1 aromatic heterocycles. The quantitative estimate of drug-likeness (QED) is 0.646. The topological polar surface area (TPSA) is 56.2 Å². The van der Waals surface area contributed by atoms with E-state index in [4.69, 9.17) is 0 Å². The molecule has 0 saturated heterocycles. The van der Waals surface area contributed by atoms with E-state index in [0.29, 0.717) is 11.2 Å². The number of aliphatic hydroxyl groups is 1. The number of benzene rings is 1. The molecule has 0 unspecified atom stereocenters. The van der Waals surface area contributed by atoms with Crippen LogP contribution in [0.15, 0.2) is 24.3 Å².